The number of nitrogens with one attached hydrogen (secondary N) is 1. The average molecular weight is 560 g/mol. The van der Waals surface area contributed by atoms with Crippen molar-refractivity contribution in [1.29, 1.82) is 0 Å². The first-order valence-corrected chi connectivity index (χ1v) is 12.3. The molecular formula is C19H25BrF3N3O6S. The molecule has 2 heterocycles. The predicted octanol–water partition coefficient (Wildman–Crippen LogP) is 1.68. The van der Waals surface area contributed by atoms with Crippen molar-refractivity contribution in [3.63, 3.8) is 0 Å². The summed E-state index contributed by atoms with van der Waals surface area (Å²) in [6.07, 6.45) is -3.51. The molecule has 2 aliphatic heterocycles. The van der Waals surface area contributed by atoms with Gasteiger partial charge >= 0.3 is 12.1 Å². The van der Waals surface area contributed by atoms with E-state index in [4.69, 9.17) is 14.6 Å². The molecule has 0 aliphatic carbocycles. The molecule has 0 spiro atoms. The second-order valence-electron chi connectivity index (χ2n) is 7.32. The van der Waals surface area contributed by atoms with Gasteiger partial charge in [-0.1, -0.05) is 15.9 Å². The number of benzene rings is 1. The van der Waals surface area contributed by atoms with Gasteiger partial charge in [0.15, 0.2) is 0 Å². The van der Waals surface area contributed by atoms with Gasteiger partial charge in [0.05, 0.1) is 17.5 Å². The van der Waals surface area contributed by atoms with Crippen molar-refractivity contribution in [3.8, 4) is 0 Å². The summed E-state index contributed by atoms with van der Waals surface area (Å²) in [5.74, 6) is -2.92. The number of carboxylic acids is 1. The highest BCUT2D eigenvalue weighted by atomic mass is 79.9. The number of hydrogen-bond donors (Lipinski definition) is 2. The molecule has 0 aromatic heterocycles. The molecule has 0 bridgehead atoms. The number of piperazine rings is 1. The number of carbonyl (C=O) groups excluding carboxylic acids is 1. The van der Waals surface area contributed by atoms with Gasteiger partial charge in [-0.15, -0.1) is 0 Å². The fraction of sp³-hybridized carbons (Fsp3) is 0.579. The van der Waals surface area contributed by atoms with Crippen molar-refractivity contribution in [3.05, 3.63) is 28.7 Å². The molecular weight excluding hydrogens is 535 g/mol. The van der Waals surface area contributed by atoms with Crippen molar-refractivity contribution in [2.45, 2.75) is 30.0 Å². The van der Waals surface area contributed by atoms with Crippen molar-refractivity contribution in [2.75, 3.05) is 45.9 Å². The number of sulfonamides is 1. The van der Waals surface area contributed by atoms with E-state index in [1.807, 2.05) is 0 Å². The predicted molar refractivity (Wildman–Crippen MR) is 115 cm³/mol. The molecule has 3 rings (SSSR count). The number of aliphatic carboxylic acids is 1. The van der Waals surface area contributed by atoms with Gasteiger partial charge in [0.1, 0.15) is 0 Å². The molecule has 186 valence electrons. The standard InChI is InChI=1S/C17H24BrN3O4S.C2HF3O2/c18-14-3-5-16(6-4-14)26(23,24)21(12-15-2-1-11-25-15)13-17(22)20-9-7-19-8-10-20;3-2(4,5)1(6)7/h3-6,15,19H,1-2,7-13H2;(H,6,7). The summed E-state index contributed by atoms with van der Waals surface area (Å²) < 4.78 is 65.7. The fourth-order valence-corrected chi connectivity index (χ4v) is 4.87. The quantitative estimate of drug-likeness (QED) is 0.544. The van der Waals surface area contributed by atoms with E-state index in [0.717, 1.165) is 30.4 Å². The Morgan fingerprint density at radius 2 is 1.79 bits per heavy atom. The monoisotopic (exact) mass is 559 g/mol. The van der Waals surface area contributed by atoms with E-state index < -0.39 is 22.2 Å². The Morgan fingerprint density at radius 3 is 2.27 bits per heavy atom. The van der Waals surface area contributed by atoms with Crippen LogP contribution in [0.4, 0.5) is 13.2 Å². The topological polar surface area (TPSA) is 116 Å². The number of ether oxygens (including phenoxy) is 1. The third-order valence-electron chi connectivity index (χ3n) is 4.91. The minimum atomic E-state index is -5.08. The van der Waals surface area contributed by atoms with E-state index in [-0.39, 0.29) is 30.0 Å². The van der Waals surface area contributed by atoms with Crippen molar-refractivity contribution in [1.82, 2.24) is 14.5 Å². The van der Waals surface area contributed by atoms with Crippen molar-refractivity contribution >= 4 is 37.8 Å². The van der Waals surface area contributed by atoms with Gasteiger partial charge in [0.25, 0.3) is 0 Å². The normalized spacial score (nSPS) is 19.2. The molecule has 1 amide bonds. The Morgan fingerprint density at radius 1 is 1.21 bits per heavy atom. The van der Waals surface area contributed by atoms with Crippen LogP contribution < -0.4 is 5.32 Å². The first-order valence-electron chi connectivity index (χ1n) is 10.1. The summed E-state index contributed by atoms with van der Waals surface area (Å²) in [5, 5.41) is 10.3. The van der Waals surface area contributed by atoms with Gasteiger partial charge in [-0.2, -0.15) is 17.5 Å². The molecule has 2 saturated heterocycles. The minimum Gasteiger partial charge on any atom is -0.475 e. The summed E-state index contributed by atoms with van der Waals surface area (Å²) >= 11 is 3.32. The van der Waals surface area contributed by atoms with Gasteiger partial charge in [0, 0.05) is 43.8 Å². The smallest absolute Gasteiger partial charge is 0.475 e. The number of carboxylic acid groups (broad SMARTS) is 1. The maximum Gasteiger partial charge on any atom is 0.490 e. The van der Waals surface area contributed by atoms with Gasteiger partial charge in [-0.25, -0.2) is 13.2 Å². The van der Waals surface area contributed by atoms with Crippen LogP contribution in [0.2, 0.25) is 0 Å². The largest absolute Gasteiger partial charge is 0.490 e. The summed E-state index contributed by atoms with van der Waals surface area (Å²) in [6, 6.07) is 6.49. The van der Waals surface area contributed by atoms with E-state index in [1.165, 1.54) is 4.31 Å². The molecule has 2 N–H and O–H groups in total. The van der Waals surface area contributed by atoms with Crippen molar-refractivity contribution < 1.29 is 41.0 Å². The molecule has 2 fully saturated rings. The lowest BCUT2D eigenvalue weighted by atomic mass is 10.2. The molecule has 14 heteroatoms. The van der Waals surface area contributed by atoms with Gasteiger partial charge in [-0.05, 0) is 37.1 Å². The number of nitrogens with zero attached hydrogens (tertiary/aromatic N) is 2. The van der Waals surface area contributed by atoms with Crippen LogP contribution in [0.3, 0.4) is 0 Å². The third kappa shape index (κ3) is 8.52. The Hall–Kier alpha value is -1.74. The van der Waals surface area contributed by atoms with Crippen LogP contribution in [0.5, 0.6) is 0 Å². The molecule has 1 aromatic carbocycles. The number of halogens is 4. The van der Waals surface area contributed by atoms with Crippen LogP contribution in [-0.4, -0.2) is 92.8 Å². The third-order valence-corrected chi connectivity index (χ3v) is 7.26. The molecule has 1 aromatic rings. The molecule has 33 heavy (non-hydrogen) atoms. The Kier molecular flexibility index (Phi) is 10.1. The first kappa shape index (κ1) is 27.5. The highest BCUT2D eigenvalue weighted by molar-refractivity contribution is 9.10. The summed E-state index contributed by atoms with van der Waals surface area (Å²) in [4.78, 5) is 23.5. The summed E-state index contributed by atoms with van der Waals surface area (Å²) in [5.41, 5.74) is 0. The lowest BCUT2D eigenvalue weighted by Crippen LogP contribution is -2.51. The van der Waals surface area contributed by atoms with Crippen LogP contribution in [0.25, 0.3) is 0 Å². The molecule has 1 atom stereocenters. The zero-order valence-corrected chi connectivity index (χ0v) is 20.0. The molecule has 1 unspecified atom stereocenters. The number of amides is 1. The lowest BCUT2D eigenvalue weighted by Gasteiger charge is -2.31. The first-order chi connectivity index (χ1) is 15.4. The van der Waals surface area contributed by atoms with Crippen LogP contribution in [0, 0.1) is 0 Å². The van der Waals surface area contributed by atoms with Gasteiger partial charge in [-0.3, -0.25) is 4.79 Å². The van der Waals surface area contributed by atoms with Crippen LogP contribution >= 0.6 is 15.9 Å². The van der Waals surface area contributed by atoms with E-state index >= 15 is 0 Å². The SMILES string of the molecule is O=C(CN(CC1CCCO1)S(=O)(=O)c1ccc(Br)cc1)N1CCNCC1.O=C(O)C(F)(F)F. The Labute approximate surface area is 198 Å². The molecule has 0 radical (unpaired) electrons. The molecule has 0 saturated carbocycles. The summed E-state index contributed by atoms with van der Waals surface area (Å²) in [6.45, 7) is 3.36. The fourth-order valence-electron chi connectivity index (χ4n) is 3.18. The highest BCUT2D eigenvalue weighted by Gasteiger charge is 2.38. The maximum atomic E-state index is 13.1. The molecule has 2 aliphatic rings. The highest BCUT2D eigenvalue weighted by Crippen LogP contribution is 2.22. The Balaban J connectivity index is 0.000000479. The van der Waals surface area contributed by atoms with E-state index in [9.17, 15) is 26.4 Å². The van der Waals surface area contributed by atoms with Crippen molar-refractivity contribution in [2.24, 2.45) is 0 Å². The zero-order chi connectivity index (χ0) is 24.6. The second-order valence-corrected chi connectivity index (χ2v) is 10.2. The average Bonchev–Trinajstić information content (AvgIpc) is 3.27. The second kappa shape index (κ2) is 12.1. The minimum absolute atomic E-state index is 0.155. The Bertz CT molecular complexity index is 902. The van der Waals surface area contributed by atoms with E-state index in [0.29, 0.717) is 19.7 Å². The van der Waals surface area contributed by atoms with Gasteiger partial charge < -0.3 is 20.1 Å². The van der Waals surface area contributed by atoms with E-state index in [2.05, 4.69) is 21.2 Å². The lowest BCUT2D eigenvalue weighted by molar-refractivity contribution is -0.192. The van der Waals surface area contributed by atoms with Crippen LogP contribution in [-0.2, 0) is 24.3 Å². The number of carbonyl (C=O) groups is 2. The molecule has 9 nitrogen and oxygen atoms in total. The maximum absolute atomic E-state index is 13.1. The number of hydrogen-bond acceptors (Lipinski definition) is 6. The summed E-state index contributed by atoms with van der Waals surface area (Å²) in [7, 11) is -3.77. The van der Waals surface area contributed by atoms with E-state index in [1.54, 1.807) is 29.2 Å². The number of alkyl halides is 3. The van der Waals surface area contributed by atoms with Crippen LogP contribution in [0.1, 0.15) is 12.8 Å². The van der Waals surface area contributed by atoms with Gasteiger partial charge in [0.2, 0.25) is 15.9 Å². The number of rotatable bonds is 6. The van der Waals surface area contributed by atoms with Crippen LogP contribution in [0.15, 0.2) is 33.6 Å². The zero-order valence-electron chi connectivity index (χ0n) is 17.6.